The first-order valence-electron chi connectivity index (χ1n) is 10.6. The third-order valence-electron chi connectivity index (χ3n) is 6.03. The molecule has 0 radical (unpaired) electrons. The first-order valence-corrected chi connectivity index (χ1v) is 10.9. The summed E-state index contributed by atoms with van der Waals surface area (Å²) in [5.41, 5.74) is -0.530. The number of alkyl halides is 2. The SMILES string of the molecule is CCC(F)(F)c1ccc(-c2ccc(NC(=O)C3(c4ccc(Cl)cc4F)CC3)cc2C(=O)O)cn1. The van der Waals surface area contributed by atoms with Crippen LogP contribution in [0, 0.1) is 5.82 Å². The van der Waals surface area contributed by atoms with Gasteiger partial charge < -0.3 is 10.4 Å². The molecule has 2 aromatic carbocycles. The molecule has 1 aromatic heterocycles. The van der Waals surface area contributed by atoms with Crippen LogP contribution in [0.2, 0.25) is 5.02 Å². The largest absolute Gasteiger partial charge is 0.478 e. The Morgan fingerprint density at radius 1 is 1.15 bits per heavy atom. The van der Waals surface area contributed by atoms with Gasteiger partial charge in [0.15, 0.2) is 0 Å². The molecule has 1 fully saturated rings. The van der Waals surface area contributed by atoms with Crippen molar-refractivity contribution in [2.24, 2.45) is 0 Å². The molecule has 1 heterocycles. The number of pyridine rings is 1. The van der Waals surface area contributed by atoms with Crippen molar-refractivity contribution in [3.63, 3.8) is 0 Å². The van der Waals surface area contributed by atoms with Gasteiger partial charge in [0, 0.05) is 34.5 Å². The Balaban J connectivity index is 1.61. The van der Waals surface area contributed by atoms with Gasteiger partial charge >= 0.3 is 5.97 Å². The monoisotopic (exact) mass is 488 g/mol. The van der Waals surface area contributed by atoms with E-state index >= 15 is 0 Å². The molecule has 4 rings (SSSR count). The van der Waals surface area contributed by atoms with E-state index in [1.54, 1.807) is 0 Å². The Bertz CT molecular complexity index is 1270. The molecule has 34 heavy (non-hydrogen) atoms. The van der Waals surface area contributed by atoms with Crippen LogP contribution in [-0.4, -0.2) is 22.0 Å². The molecule has 1 aliphatic rings. The zero-order valence-electron chi connectivity index (χ0n) is 18.0. The summed E-state index contributed by atoms with van der Waals surface area (Å²) < 4.78 is 42.1. The van der Waals surface area contributed by atoms with Crippen molar-refractivity contribution in [2.75, 3.05) is 5.32 Å². The van der Waals surface area contributed by atoms with E-state index in [1.807, 2.05) is 0 Å². The van der Waals surface area contributed by atoms with E-state index in [1.165, 1.54) is 49.5 Å². The van der Waals surface area contributed by atoms with Gasteiger partial charge in [0.2, 0.25) is 5.91 Å². The highest BCUT2D eigenvalue weighted by Gasteiger charge is 2.52. The van der Waals surface area contributed by atoms with E-state index in [2.05, 4.69) is 10.3 Å². The fourth-order valence-corrected chi connectivity index (χ4v) is 4.03. The molecule has 0 spiro atoms. The highest BCUT2D eigenvalue weighted by Crippen LogP contribution is 2.50. The van der Waals surface area contributed by atoms with Crippen LogP contribution >= 0.6 is 11.6 Å². The van der Waals surface area contributed by atoms with E-state index in [0.29, 0.717) is 18.4 Å². The maximum atomic E-state index is 14.4. The van der Waals surface area contributed by atoms with Gasteiger partial charge in [-0.15, -0.1) is 0 Å². The van der Waals surface area contributed by atoms with E-state index in [0.717, 1.165) is 12.1 Å². The molecule has 0 aliphatic heterocycles. The minimum Gasteiger partial charge on any atom is -0.478 e. The number of nitrogens with zero attached hydrogens (tertiary/aromatic N) is 1. The first-order chi connectivity index (χ1) is 16.1. The Morgan fingerprint density at radius 2 is 1.88 bits per heavy atom. The predicted octanol–water partition coefficient (Wildman–Crippen LogP) is 6.41. The number of carboxylic acids is 1. The van der Waals surface area contributed by atoms with Crippen LogP contribution in [0.1, 0.15) is 47.8 Å². The molecule has 3 aromatic rings. The number of anilines is 1. The van der Waals surface area contributed by atoms with E-state index in [4.69, 9.17) is 11.6 Å². The molecule has 0 atom stereocenters. The molecule has 176 valence electrons. The van der Waals surface area contributed by atoms with Gasteiger partial charge in [-0.1, -0.05) is 36.7 Å². The summed E-state index contributed by atoms with van der Waals surface area (Å²) in [5, 5.41) is 12.6. The number of hydrogen-bond donors (Lipinski definition) is 2. The number of carbonyl (C=O) groups is 2. The highest BCUT2D eigenvalue weighted by atomic mass is 35.5. The topological polar surface area (TPSA) is 79.3 Å². The molecule has 1 saturated carbocycles. The normalized spacial score (nSPS) is 14.5. The second kappa shape index (κ2) is 8.76. The summed E-state index contributed by atoms with van der Waals surface area (Å²) in [4.78, 5) is 28.7. The molecule has 5 nitrogen and oxygen atoms in total. The number of carboxylic acid groups (broad SMARTS) is 1. The zero-order chi connectivity index (χ0) is 24.7. The molecule has 9 heteroatoms. The lowest BCUT2D eigenvalue weighted by atomic mass is 9.94. The number of rotatable bonds is 7. The smallest absolute Gasteiger partial charge is 0.336 e. The summed E-state index contributed by atoms with van der Waals surface area (Å²) in [6.45, 7) is 1.35. The minimum absolute atomic E-state index is 0.142. The third kappa shape index (κ3) is 4.37. The van der Waals surface area contributed by atoms with Gasteiger partial charge in [-0.2, -0.15) is 8.78 Å². The molecular formula is C25H20ClF3N2O3. The quantitative estimate of drug-likeness (QED) is 0.402. The Morgan fingerprint density at radius 3 is 2.44 bits per heavy atom. The summed E-state index contributed by atoms with van der Waals surface area (Å²) >= 11 is 5.81. The van der Waals surface area contributed by atoms with Crippen LogP contribution in [0.3, 0.4) is 0 Å². The van der Waals surface area contributed by atoms with Crippen molar-refractivity contribution in [1.29, 1.82) is 0 Å². The lowest BCUT2D eigenvalue weighted by Gasteiger charge is -2.18. The Labute approximate surface area is 198 Å². The maximum Gasteiger partial charge on any atom is 0.336 e. The summed E-state index contributed by atoms with van der Waals surface area (Å²) in [6, 6.07) is 10.9. The maximum absolute atomic E-state index is 14.4. The number of halogens is 4. The van der Waals surface area contributed by atoms with Gasteiger partial charge in [-0.25, -0.2) is 9.18 Å². The zero-order valence-corrected chi connectivity index (χ0v) is 18.8. The standard InChI is InChI=1S/C25H20ClF3N2O3/c1-2-25(28,29)21-8-3-14(13-30-21)17-6-5-16(12-18(17)22(32)33)31-23(34)24(9-10-24)19-7-4-15(26)11-20(19)27/h3-8,11-13H,2,9-10H2,1H3,(H,31,34)(H,32,33). The Hall–Kier alpha value is -3.39. The van der Waals surface area contributed by atoms with Crippen molar-refractivity contribution >= 4 is 29.2 Å². The number of benzene rings is 2. The molecule has 1 amide bonds. The number of hydrogen-bond acceptors (Lipinski definition) is 3. The van der Waals surface area contributed by atoms with Crippen LogP contribution < -0.4 is 5.32 Å². The van der Waals surface area contributed by atoms with Gasteiger partial charge in [0.05, 0.1) is 11.0 Å². The van der Waals surface area contributed by atoms with Crippen LogP contribution in [0.4, 0.5) is 18.9 Å². The van der Waals surface area contributed by atoms with Gasteiger partial charge in [-0.05, 0) is 48.7 Å². The predicted molar refractivity (Wildman–Crippen MR) is 122 cm³/mol. The van der Waals surface area contributed by atoms with E-state index in [-0.39, 0.29) is 27.4 Å². The summed E-state index contributed by atoms with van der Waals surface area (Å²) in [6.07, 6.45) is 1.68. The first kappa shape index (κ1) is 23.8. The minimum atomic E-state index is -3.08. The van der Waals surface area contributed by atoms with Crippen molar-refractivity contribution < 1.29 is 27.9 Å². The molecule has 2 N–H and O–H groups in total. The van der Waals surface area contributed by atoms with Gasteiger partial charge in [-0.3, -0.25) is 9.78 Å². The second-order valence-corrected chi connectivity index (χ2v) is 8.65. The van der Waals surface area contributed by atoms with Crippen LogP contribution in [-0.2, 0) is 16.1 Å². The third-order valence-corrected chi connectivity index (χ3v) is 6.27. The fraction of sp³-hybridized carbons (Fsp3) is 0.240. The molecule has 0 saturated heterocycles. The summed E-state index contributed by atoms with van der Waals surface area (Å²) in [5.74, 6) is -5.37. The molecular weight excluding hydrogens is 469 g/mol. The van der Waals surface area contributed by atoms with Crippen molar-refractivity contribution in [2.45, 2.75) is 37.5 Å². The molecule has 0 bridgehead atoms. The van der Waals surface area contributed by atoms with Crippen molar-refractivity contribution in [3.8, 4) is 11.1 Å². The molecule has 1 aliphatic carbocycles. The van der Waals surface area contributed by atoms with Crippen molar-refractivity contribution in [1.82, 2.24) is 4.98 Å². The van der Waals surface area contributed by atoms with Gasteiger partial charge in [0.25, 0.3) is 5.92 Å². The second-order valence-electron chi connectivity index (χ2n) is 8.22. The van der Waals surface area contributed by atoms with Crippen LogP contribution in [0.25, 0.3) is 11.1 Å². The van der Waals surface area contributed by atoms with Crippen LogP contribution in [0.5, 0.6) is 0 Å². The van der Waals surface area contributed by atoms with E-state index in [9.17, 15) is 27.9 Å². The average molecular weight is 489 g/mol. The highest BCUT2D eigenvalue weighted by molar-refractivity contribution is 6.30. The summed E-state index contributed by atoms with van der Waals surface area (Å²) in [7, 11) is 0. The Kier molecular flexibility index (Phi) is 6.12. The fourth-order valence-electron chi connectivity index (χ4n) is 3.87. The number of nitrogens with one attached hydrogen (secondary N) is 1. The number of amides is 1. The average Bonchev–Trinajstić information content (AvgIpc) is 3.61. The van der Waals surface area contributed by atoms with E-state index < -0.39 is 41.1 Å². The number of carbonyl (C=O) groups excluding carboxylic acids is 1. The lowest BCUT2D eigenvalue weighted by Crippen LogP contribution is -2.28. The number of aromatic nitrogens is 1. The van der Waals surface area contributed by atoms with Crippen LogP contribution in [0.15, 0.2) is 54.7 Å². The van der Waals surface area contributed by atoms with Gasteiger partial charge in [0.1, 0.15) is 11.5 Å². The van der Waals surface area contributed by atoms with Crippen molar-refractivity contribution in [3.05, 3.63) is 82.4 Å². The molecule has 0 unspecified atom stereocenters. The lowest BCUT2D eigenvalue weighted by molar-refractivity contribution is -0.118. The number of aromatic carboxylic acids is 1.